The molecule has 0 amide bonds. The second-order valence-electron chi connectivity index (χ2n) is 4.79. The van der Waals surface area contributed by atoms with E-state index in [4.69, 9.17) is 0 Å². The van der Waals surface area contributed by atoms with Gasteiger partial charge >= 0.3 is 0 Å². The van der Waals surface area contributed by atoms with Gasteiger partial charge < -0.3 is 0 Å². The Balaban J connectivity index is 2.46. The van der Waals surface area contributed by atoms with E-state index in [0.29, 0.717) is 5.96 Å². The molecule has 1 aliphatic rings. The monoisotopic (exact) mass is 207 g/mol. The van der Waals surface area contributed by atoms with Crippen LogP contribution in [0.3, 0.4) is 0 Å². The number of hydroxylamine groups is 2. The molecule has 0 unspecified atom stereocenters. The van der Waals surface area contributed by atoms with E-state index in [1.54, 1.807) is 23.3 Å². The van der Waals surface area contributed by atoms with Gasteiger partial charge in [-0.15, -0.1) is 0 Å². The van der Waals surface area contributed by atoms with E-state index < -0.39 is 11.1 Å². The topological polar surface area (TPSA) is 53.3 Å². The fraction of sp³-hybridized carbons (Fsp3) is 0.600. The van der Waals surface area contributed by atoms with E-state index >= 15 is 0 Å². The zero-order valence-corrected chi connectivity index (χ0v) is 9.43. The summed E-state index contributed by atoms with van der Waals surface area (Å²) >= 11 is 0. The second-order valence-corrected chi connectivity index (χ2v) is 4.79. The maximum atomic E-state index is 12.1. The normalized spacial score (nSPS) is 23.0. The third kappa shape index (κ3) is 1.26. The summed E-state index contributed by atoms with van der Waals surface area (Å²) in [5.74, 6) is 0.405. The highest BCUT2D eigenvalue weighted by molar-refractivity contribution is 5.84. The van der Waals surface area contributed by atoms with E-state index in [9.17, 15) is 5.21 Å². The molecule has 5 heteroatoms. The minimum absolute atomic E-state index is 0.394. The number of imidazole rings is 1. The molecular weight excluding hydrogens is 192 g/mol. The molecule has 0 bridgehead atoms. The molecule has 0 aliphatic carbocycles. The molecule has 1 aromatic rings. The van der Waals surface area contributed by atoms with E-state index in [1.807, 2.05) is 27.7 Å². The SMILES string of the molecule is CC1(C)N=C(n2ccnc2)N([O])C1(C)C. The number of rotatable bonds is 0. The van der Waals surface area contributed by atoms with Crippen LogP contribution >= 0.6 is 0 Å². The van der Waals surface area contributed by atoms with Crippen LogP contribution in [0.25, 0.3) is 0 Å². The summed E-state index contributed by atoms with van der Waals surface area (Å²) in [4.78, 5) is 8.36. The van der Waals surface area contributed by atoms with Gasteiger partial charge in [-0.25, -0.2) is 9.98 Å². The molecule has 5 nitrogen and oxygen atoms in total. The van der Waals surface area contributed by atoms with Crippen molar-refractivity contribution in [3.8, 4) is 0 Å². The summed E-state index contributed by atoms with van der Waals surface area (Å²) in [5, 5.41) is 13.0. The fourth-order valence-corrected chi connectivity index (χ4v) is 1.47. The van der Waals surface area contributed by atoms with Crippen LogP contribution in [-0.4, -0.2) is 31.7 Å². The highest BCUT2D eigenvalue weighted by atomic mass is 16.5. The molecule has 0 fully saturated rings. The van der Waals surface area contributed by atoms with Crippen LogP contribution in [0.2, 0.25) is 0 Å². The van der Waals surface area contributed by atoms with Gasteiger partial charge in [-0.3, -0.25) is 4.57 Å². The van der Waals surface area contributed by atoms with Gasteiger partial charge in [0.25, 0.3) is 0 Å². The molecule has 0 spiro atoms. The number of hydrogen-bond donors (Lipinski definition) is 0. The molecule has 81 valence electrons. The molecule has 2 rings (SSSR count). The van der Waals surface area contributed by atoms with Gasteiger partial charge in [-0.1, -0.05) is 5.21 Å². The lowest BCUT2D eigenvalue weighted by atomic mass is 9.84. The van der Waals surface area contributed by atoms with Crippen molar-refractivity contribution in [2.45, 2.75) is 38.8 Å². The van der Waals surface area contributed by atoms with E-state index in [1.165, 1.54) is 0 Å². The largest absolute Gasteiger partial charge is 0.275 e. The van der Waals surface area contributed by atoms with Gasteiger partial charge in [0, 0.05) is 12.4 Å². The Morgan fingerprint density at radius 1 is 1.27 bits per heavy atom. The average Bonchev–Trinajstić information content (AvgIpc) is 2.69. The predicted octanol–water partition coefficient (Wildman–Crippen LogP) is 1.31. The van der Waals surface area contributed by atoms with E-state index in [2.05, 4.69) is 9.98 Å². The highest BCUT2D eigenvalue weighted by Gasteiger charge is 2.50. The summed E-state index contributed by atoms with van der Waals surface area (Å²) in [7, 11) is 0. The Morgan fingerprint density at radius 2 is 1.93 bits per heavy atom. The van der Waals surface area contributed by atoms with Gasteiger partial charge in [0.1, 0.15) is 6.33 Å². The van der Waals surface area contributed by atoms with Crippen LogP contribution in [0.4, 0.5) is 0 Å². The number of aromatic nitrogens is 2. The Morgan fingerprint density at radius 3 is 2.33 bits per heavy atom. The summed E-state index contributed by atoms with van der Waals surface area (Å²) in [6.07, 6.45) is 4.94. The molecule has 0 aromatic carbocycles. The fourth-order valence-electron chi connectivity index (χ4n) is 1.47. The number of nitrogens with zero attached hydrogens (tertiary/aromatic N) is 4. The lowest BCUT2D eigenvalue weighted by Gasteiger charge is -2.34. The molecule has 0 atom stereocenters. The smallest absolute Gasteiger partial charge is 0.234 e. The zero-order chi connectivity index (χ0) is 11.3. The standard InChI is InChI=1S/C10H15N4O/c1-9(2)10(3,4)14(15)8(12-9)13-6-5-11-7-13/h5-7H,1-4H3. The molecule has 0 saturated heterocycles. The zero-order valence-electron chi connectivity index (χ0n) is 9.43. The van der Waals surface area contributed by atoms with Crippen molar-refractivity contribution in [2.24, 2.45) is 4.99 Å². The molecule has 1 radical (unpaired) electrons. The molecule has 15 heavy (non-hydrogen) atoms. The maximum Gasteiger partial charge on any atom is 0.234 e. The third-order valence-electron chi connectivity index (χ3n) is 3.30. The Hall–Kier alpha value is -1.36. The summed E-state index contributed by atoms with van der Waals surface area (Å²) in [6.45, 7) is 7.71. The van der Waals surface area contributed by atoms with Crippen molar-refractivity contribution >= 4 is 5.96 Å². The predicted molar refractivity (Wildman–Crippen MR) is 55.7 cm³/mol. The molecular formula is C10H15N4O. The van der Waals surface area contributed by atoms with Crippen LogP contribution in [0.15, 0.2) is 23.7 Å². The van der Waals surface area contributed by atoms with Crippen LogP contribution in [0.5, 0.6) is 0 Å². The van der Waals surface area contributed by atoms with Crippen molar-refractivity contribution < 1.29 is 5.21 Å². The lowest BCUT2D eigenvalue weighted by Crippen LogP contribution is -2.51. The van der Waals surface area contributed by atoms with Crippen LogP contribution < -0.4 is 0 Å². The van der Waals surface area contributed by atoms with Crippen LogP contribution in [0, 0.1) is 0 Å². The van der Waals surface area contributed by atoms with Gasteiger partial charge in [0.05, 0.1) is 11.1 Å². The first kappa shape index (κ1) is 10.2. The molecule has 1 aromatic heterocycles. The van der Waals surface area contributed by atoms with Gasteiger partial charge in [-0.05, 0) is 27.7 Å². The van der Waals surface area contributed by atoms with Gasteiger partial charge in [0.15, 0.2) is 0 Å². The van der Waals surface area contributed by atoms with Crippen molar-refractivity contribution in [1.82, 2.24) is 14.6 Å². The first-order chi connectivity index (χ1) is 6.86. The van der Waals surface area contributed by atoms with Gasteiger partial charge in [-0.2, -0.15) is 5.06 Å². The highest BCUT2D eigenvalue weighted by Crippen LogP contribution is 2.36. The molecule has 2 heterocycles. The molecule has 0 N–H and O–H groups in total. The lowest BCUT2D eigenvalue weighted by molar-refractivity contribution is -0.160. The Labute approximate surface area is 89.0 Å². The summed E-state index contributed by atoms with van der Waals surface area (Å²) in [5.41, 5.74) is -0.930. The maximum absolute atomic E-state index is 12.1. The minimum Gasteiger partial charge on any atom is -0.275 e. The molecule has 1 aliphatic heterocycles. The van der Waals surface area contributed by atoms with Crippen molar-refractivity contribution in [3.05, 3.63) is 18.7 Å². The van der Waals surface area contributed by atoms with Crippen LogP contribution in [-0.2, 0) is 5.21 Å². The number of hydrogen-bond acceptors (Lipinski definition) is 3. The first-order valence-corrected chi connectivity index (χ1v) is 4.92. The third-order valence-corrected chi connectivity index (χ3v) is 3.30. The van der Waals surface area contributed by atoms with Crippen molar-refractivity contribution in [1.29, 1.82) is 0 Å². The summed E-state index contributed by atoms with van der Waals surface area (Å²) in [6, 6.07) is 0. The number of aliphatic imine (C=N–C) groups is 1. The second kappa shape index (κ2) is 2.82. The van der Waals surface area contributed by atoms with Gasteiger partial charge in [0.2, 0.25) is 5.96 Å². The Kier molecular flexibility index (Phi) is 1.91. The quantitative estimate of drug-likeness (QED) is 0.644. The van der Waals surface area contributed by atoms with Crippen molar-refractivity contribution in [3.63, 3.8) is 0 Å². The average molecular weight is 207 g/mol. The van der Waals surface area contributed by atoms with Crippen LogP contribution in [0.1, 0.15) is 27.7 Å². The first-order valence-electron chi connectivity index (χ1n) is 4.92. The summed E-state index contributed by atoms with van der Waals surface area (Å²) < 4.78 is 1.64. The van der Waals surface area contributed by atoms with E-state index in [0.717, 1.165) is 5.06 Å². The molecule has 0 saturated carbocycles. The minimum atomic E-state index is -0.535. The Bertz CT molecular complexity index is 392. The van der Waals surface area contributed by atoms with Crippen molar-refractivity contribution in [2.75, 3.05) is 0 Å². The van der Waals surface area contributed by atoms with E-state index in [-0.39, 0.29) is 0 Å².